The van der Waals surface area contributed by atoms with Crippen LogP contribution in [0.1, 0.15) is 38.5 Å². The Kier molecular flexibility index (Phi) is 11.3. The highest BCUT2D eigenvalue weighted by Crippen LogP contribution is 2.25. The maximum Gasteiger partial charge on any atom is 0.378 e. The summed E-state index contributed by atoms with van der Waals surface area (Å²) < 4.78 is 14.5. The van der Waals surface area contributed by atoms with Gasteiger partial charge in [0.05, 0.1) is 0 Å². The first-order valence-electron chi connectivity index (χ1n) is 9.84. The number of carbonyl (C=O) groups is 3. The van der Waals surface area contributed by atoms with E-state index in [1.807, 2.05) is 0 Å². The lowest BCUT2D eigenvalue weighted by molar-refractivity contribution is -0.157. The molecular weight excluding hydrogens is 400 g/mol. The molecule has 0 spiro atoms. The van der Waals surface area contributed by atoms with Crippen LogP contribution in [0.25, 0.3) is 0 Å². The fraction of sp³-hybridized carbons (Fsp3) is 0.722. The molecular formula is C18H32N4O8. The molecule has 0 bridgehead atoms. The summed E-state index contributed by atoms with van der Waals surface area (Å²) in [7, 11) is 0. The van der Waals surface area contributed by atoms with E-state index in [1.165, 1.54) is 0 Å². The van der Waals surface area contributed by atoms with E-state index in [1.54, 1.807) is 0 Å². The minimum Gasteiger partial charge on any atom is -0.505 e. The maximum absolute atomic E-state index is 12.0. The first-order chi connectivity index (χ1) is 14.2. The minimum absolute atomic E-state index is 0.284. The van der Waals surface area contributed by atoms with Crippen molar-refractivity contribution in [3.8, 4) is 0 Å². The number of hydrogen-bond donors (Lipinski definition) is 6. The zero-order valence-electron chi connectivity index (χ0n) is 16.8. The summed E-state index contributed by atoms with van der Waals surface area (Å²) in [5.74, 6) is -4.39. The van der Waals surface area contributed by atoms with Crippen LogP contribution < -0.4 is 22.9 Å². The van der Waals surface area contributed by atoms with Crippen LogP contribution in [0.3, 0.4) is 0 Å². The average molecular weight is 432 g/mol. The van der Waals surface area contributed by atoms with E-state index in [0.717, 1.165) is 0 Å². The monoisotopic (exact) mass is 432 g/mol. The second-order valence-corrected chi connectivity index (χ2v) is 6.94. The van der Waals surface area contributed by atoms with Gasteiger partial charge in [-0.25, -0.2) is 9.59 Å². The number of rotatable bonds is 14. The summed E-state index contributed by atoms with van der Waals surface area (Å²) in [5.41, 5.74) is 22.1. The van der Waals surface area contributed by atoms with Crippen LogP contribution in [0.4, 0.5) is 0 Å². The molecule has 12 heteroatoms. The van der Waals surface area contributed by atoms with Gasteiger partial charge in [0, 0.05) is 0 Å². The second-order valence-electron chi connectivity index (χ2n) is 6.94. The Labute approximate surface area is 174 Å². The Morgan fingerprint density at radius 3 is 2.07 bits per heavy atom. The van der Waals surface area contributed by atoms with Crippen molar-refractivity contribution in [1.82, 2.24) is 0 Å². The fourth-order valence-corrected chi connectivity index (χ4v) is 2.60. The standard InChI is InChI=1S/C18H32N4O8/c19-7-3-1-5-10(21)16(25)28-9-12(23)14-13(24)15(18(27)29-14)30-17(26)11(22)6-2-4-8-20/h10-12,14,23-24H,1-9,19-22H2/t10-,11-,12-,14+/m0/s1. The molecule has 0 aliphatic carbocycles. The molecule has 0 unspecified atom stereocenters. The van der Waals surface area contributed by atoms with Gasteiger partial charge < -0.3 is 47.4 Å². The molecule has 1 aliphatic rings. The van der Waals surface area contributed by atoms with E-state index in [-0.39, 0.29) is 6.42 Å². The van der Waals surface area contributed by atoms with Gasteiger partial charge in [0.1, 0.15) is 24.8 Å². The Bertz CT molecular complexity index is 627. The topological polar surface area (TPSA) is 223 Å². The molecule has 0 radical (unpaired) electrons. The summed E-state index contributed by atoms with van der Waals surface area (Å²) in [5, 5.41) is 20.2. The SMILES string of the molecule is NCCCC[C@H](N)C(=O)OC[C@H](O)[C@H]1OC(=O)C(OC(=O)[C@@H](N)CCCCN)=C1O. The summed E-state index contributed by atoms with van der Waals surface area (Å²) in [6.45, 7) is 0.332. The van der Waals surface area contributed by atoms with E-state index in [4.69, 9.17) is 37.1 Å². The van der Waals surface area contributed by atoms with Crippen molar-refractivity contribution in [3.63, 3.8) is 0 Å². The number of unbranched alkanes of at least 4 members (excludes halogenated alkanes) is 2. The van der Waals surface area contributed by atoms with Crippen LogP contribution in [0.2, 0.25) is 0 Å². The molecule has 0 aromatic heterocycles. The second kappa shape index (κ2) is 13.1. The third kappa shape index (κ3) is 7.88. The predicted octanol–water partition coefficient (Wildman–Crippen LogP) is -1.96. The lowest BCUT2D eigenvalue weighted by Gasteiger charge is -2.18. The Morgan fingerprint density at radius 2 is 1.53 bits per heavy atom. The molecule has 1 heterocycles. The molecule has 0 saturated heterocycles. The largest absolute Gasteiger partial charge is 0.505 e. The first-order valence-corrected chi connectivity index (χ1v) is 9.84. The molecule has 12 nitrogen and oxygen atoms in total. The Hall–Kier alpha value is -2.25. The van der Waals surface area contributed by atoms with Crippen molar-refractivity contribution in [2.24, 2.45) is 22.9 Å². The van der Waals surface area contributed by atoms with Crippen molar-refractivity contribution >= 4 is 17.9 Å². The lowest BCUT2D eigenvalue weighted by atomic mass is 10.1. The van der Waals surface area contributed by atoms with Crippen molar-refractivity contribution in [1.29, 1.82) is 0 Å². The maximum atomic E-state index is 12.0. The number of cyclic esters (lactones) is 1. The van der Waals surface area contributed by atoms with Crippen LogP contribution in [-0.4, -0.2) is 72.1 Å². The number of aliphatic hydroxyl groups is 2. The van der Waals surface area contributed by atoms with Crippen LogP contribution >= 0.6 is 0 Å². The molecule has 30 heavy (non-hydrogen) atoms. The third-order valence-electron chi connectivity index (χ3n) is 4.41. The molecule has 0 saturated carbocycles. The number of carbonyl (C=O) groups excluding carboxylic acids is 3. The minimum atomic E-state index is -1.59. The Morgan fingerprint density at radius 1 is 1.00 bits per heavy atom. The van der Waals surface area contributed by atoms with Gasteiger partial charge in [0.15, 0.2) is 11.9 Å². The van der Waals surface area contributed by atoms with Crippen molar-refractivity contribution in [2.45, 2.75) is 62.8 Å². The van der Waals surface area contributed by atoms with Gasteiger partial charge >= 0.3 is 17.9 Å². The van der Waals surface area contributed by atoms with Crippen molar-refractivity contribution < 1.29 is 38.8 Å². The third-order valence-corrected chi connectivity index (χ3v) is 4.41. The van der Waals surface area contributed by atoms with Crippen LogP contribution in [0.5, 0.6) is 0 Å². The zero-order chi connectivity index (χ0) is 22.7. The highest BCUT2D eigenvalue weighted by atomic mass is 16.6. The number of nitrogens with two attached hydrogens (primary N) is 4. The molecule has 1 rings (SSSR count). The lowest BCUT2D eigenvalue weighted by Crippen LogP contribution is -2.38. The first kappa shape index (κ1) is 25.8. The molecule has 0 fully saturated rings. The summed E-state index contributed by atoms with van der Waals surface area (Å²) in [6, 6.07) is -1.91. The van der Waals surface area contributed by atoms with Gasteiger partial charge in [-0.3, -0.25) is 4.79 Å². The highest BCUT2D eigenvalue weighted by Gasteiger charge is 2.42. The molecule has 4 atom stereocenters. The van der Waals surface area contributed by atoms with E-state index < -0.39 is 60.3 Å². The molecule has 0 amide bonds. The number of aliphatic hydroxyl groups excluding tert-OH is 2. The zero-order valence-corrected chi connectivity index (χ0v) is 16.8. The van der Waals surface area contributed by atoms with Crippen LogP contribution in [0, 0.1) is 0 Å². The predicted molar refractivity (Wildman–Crippen MR) is 104 cm³/mol. The number of esters is 3. The molecule has 0 aromatic carbocycles. The van der Waals surface area contributed by atoms with Crippen molar-refractivity contribution in [2.75, 3.05) is 19.7 Å². The molecule has 0 aromatic rings. The van der Waals surface area contributed by atoms with Crippen molar-refractivity contribution in [3.05, 3.63) is 11.5 Å². The van der Waals surface area contributed by atoms with E-state index >= 15 is 0 Å². The van der Waals surface area contributed by atoms with Crippen LogP contribution in [0.15, 0.2) is 11.5 Å². The van der Waals surface area contributed by atoms with E-state index in [2.05, 4.69) is 0 Å². The summed E-state index contributed by atoms with van der Waals surface area (Å²) >= 11 is 0. The van der Waals surface area contributed by atoms with Crippen LogP contribution in [-0.2, 0) is 28.6 Å². The van der Waals surface area contributed by atoms with Gasteiger partial charge in [-0.1, -0.05) is 12.8 Å². The summed E-state index contributed by atoms with van der Waals surface area (Å²) in [6.07, 6.45) is 0.0945. The van der Waals surface area contributed by atoms with E-state index in [9.17, 15) is 24.6 Å². The van der Waals surface area contributed by atoms with Gasteiger partial charge in [0.25, 0.3) is 5.76 Å². The smallest absolute Gasteiger partial charge is 0.378 e. The molecule has 172 valence electrons. The van der Waals surface area contributed by atoms with Gasteiger partial charge in [-0.15, -0.1) is 0 Å². The normalized spacial score (nSPS) is 19.2. The van der Waals surface area contributed by atoms with Gasteiger partial charge in [-0.05, 0) is 38.8 Å². The van der Waals surface area contributed by atoms with Gasteiger partial charge in [0.2, 0.25) is 0 Å². The average Bonchev–Trinajstić information content (AvgIpc) is 3.00. The molecule has 10 N–H and O–H groups in total. The molecule has 1 aliphatic heterocycles. The fourth-order valence-electron chi connectivity index (χ4n) is 2.60. The number of hydrogen-bond acceptors (Lipinski definition) is 12. The highest BCUT2D eigenvalue weighted by molar-refractivity contribution is 5.93. The summed E-state index contributed by atoms with van der Waals surface area (Å²) in [4.78, 5) is 35.7. The number of ether oxygens (including phenoxy) is 3. The van der Waals surface area contributed by atoms with Gasteiger partial charge in [-0.2, -0.15) is 0 Å². The Balaban J connectivity index is 2.58. The van der Waals surface area contributed by atoms with E-state index in [0.29, 0.717) is 45.2 Å². The quantitative estimate of drug-likeness (QED) is 0.0999.